The highest BCUT2D eigenvalue weighted by Crippen LogP contribution is 2.66. The third kappa shape index (κ3) is 7.82. The van der Waals surface area contributed by atoms with Crippen molar-refractivity contribution in [2.24, 2.45) is 0 Å². The van der Waals surface area contributed by atoms with Gasteiger partial charge in [0.2, 0.25) is 5.95 Å². The number of aromatic amines is 2. The second-order valence-electron chi connectivity index (χ2n) is 11.4. The van der Waals surface area contributed by atoms with Gasteiger partial charge < -0.3 is 60.2 Å². The van der Waals surface area contributed by atoms with Gasteiger partial charge in [-0.05, 0) is 0 Å². The lowest BCUT2D eigenvalue weighted by Gasteiger charge is -2.27. The highest BCUT2D eigenvalue weighted by molar-refractivity contribution is 7.66. The van der Waals surface area contributed by atoms with Gasteiger partial charge in [0.25, 0.3) is 19.6 Å². The number of aliphatic hydroxyl groups excluding tert-OH is 3. The van der Waals surface area contributed by atoms with Crippen molar-refractivity contribution in [3.63, 3.8) is 0 Å². The molecule has 290 valence electrons. The van der Waals surface area contributed by atoms with Crippen LogP contribution in [0.25, 0.3) is 11.2 Å². The van der Waals surface area contributed by atoms with Crippen molar-refractivity contribution >= 4 is 64.0 Å². The molecule has 0 saturated carbocycles. The third-order valence-corrected chi connectivity index (χ3v) is 12.0. The number of aliphatic hydroxyl groups is 3. The number of nitrogens with one attached hydrogen (secondary N) is 2. The van der Waals surface area contributed by atoms with Crippen LogP contribution in [-0.2, 0) is 45.6 Å². The Balaban J connectivity index is 1.05. The van der Waals surface area contributed by atoms with Gasteiger partial charge in [-0.2, -0.15) is 9.29 Å². The molecule has 0 spiro atoms. The third-order valence-electron chi connectivity index (χ3n) is 7.82. The fraction of sp³-hybridized carbons (Fsp3) is 0.545. The number of imidazole rings is 1. The SMILES string of the molecule is COC1C(O)[C@H]([N+]2=C=[N+](C)c3c2nc(N)[nH]c3=O)O[C@@H]1COP(=O)([O-])OP(=O)(O)OP(=O)(O)OC[C@H]1O[C@@H](n2cnc3c(=O)[nH]c(N)nc32)[C@@H](O)C1O. The molecule has 3 aliphatic heterocycles. The van der Waals surface area contributed by atoms with E-state index in [4.69, 9.17) is 25.7 Å². The zero-order chi connectivity index (χ0) is 38.8. The van der Waals surface area contributed by atoms with E-state index < -0.39 is 96.9 Å². The van der Waals surface area contributed by atoms with Gasteiger partial charge >= 0.3 is 44.7 Å². The molecule has 3 aliphatic rings. The minimum atomic E-state index is -6.04. The lowest BCUT2D eigenvalue weighted by Crippen LogP contribution is -2.39. The van der Waals surface area contributed by atoms with Crippen LogP contribution in [-0.4, -0.2) is 140 Å². The predicted molar refractivity (Wildman–Crippen MR) is 165 cm³/mol. The van der Waals surface area contributed by atoms with Crippen molar-refractivity contribution in [2.45, 2.75) is 49.1 Å². The summed E-state index contributed by atoms with van der Waals surface area (Å²) in [6.45, 7) is -2.12. The fourth-order valence-electron chi connectivity index (χ4n) is 5.61. The molecule has 0 aliphatic carbocycles. The number of hydrogen-bond donors (Lipinski definition) is 9. The van der Waals surface area contributed by atoms with Gasteiger partial charge in [-0.25, -0.2) is 18.4 Å². The number of H-pyrrole nitrogens is 2. The first-order valence-electron chi connectivity index (χ1n) is 14.7. The first-order chi connectivity index (χ1) is 24.7. The summed E-state index contributed by atoms with van der Waals surface area (Å²) >= 11 is 0. The van der Waals surface area contributed by atoms with Crippen LogP contribution in [0.2, 0.25) is 0 Å². The van der Waals surface area contributed by atoms with Crippen molar-refractivity contribution in [1.82, 2.24) is 29.5 Å². The van der Waals surface area contributed by atoms with E-state index in [2.05, 4.69) is 48.6 Å². The van der Waals surface area contributed by atoms with E-state index in [1.807, 2.05) is 0 Å². The number of phosphoric acid groups is 3. The van der Waals surface area contributed by atoms with Gasteiger partial charge in [0.1, 0.15) is 37.6 Å². The summed E-state index contributed by atoms with van der Waals surface area (Å²) in [5.41, 5.74) is 9.45. The van der Waals surface area contributed by atoms with Crippen LogP contribution in [0.15, 0.2) is 15.9 Å². The van der Waals surface area contributed by atoms with E-state index in [9.17, 15) is 53.3 Å². The van der Waals surface area contributed by atoms with Crippen molar-refractivity contribution in [1.29, 1.82) is 0 Å². The average Bonchev–Trinajstić information content (AvgIpc) is 3.76. The number of rotatable bonds is 13. The Hall–Kier alpha value is -3.62. The van der Waals surface area contributed by atoms with Gasteiger partial charge in [-0.15, -0.1) is 4.58 Å². The molecular formula is C22H30N10O18P3+. The molecular weight excluding hydrogens is 785 g/mol. The second-order valence-corrected chi connectivity index (χ2v) is 16.0. The molecule has 6 heterocycles. The molecule has 0 aromatic carbocycles. The molecule has 6 rings (SSSR count). The van der Waals surface area contributed by atoms with Crippen molar-refractivity contribution in [3.8, 4) is 0 Å². The van der Waals surface area contributed by atoms with Crippen molar-refractivity contribution in [2.75, 3.05) is 38.8 Å². The maximum absolute atomic E-state index is 12.5. The molecule has 53 heavy (non-hydrogen) atoms. The lowest BCUT2D eigenvalue weighted by molar-refractivity contribution is -0.552. The fourth-order valence-corrected chi connectivity index (χ4v) is 9.10. The summed E-state index contributed by atoms with van der Waals surface area (Å²) in [4.78, 5) is 73.2. The Bertz CT molecular complexity index is 2280. The second kappa shape index (κ2) is 14.2. The molecule has 6 unspecified atom stereocenters. The number of fused-ring (bicyclic) bond motifs is 2. The Labute approximate surface area is 293 Å². The molecule has 3 aromatic rings. The van der Waals surface area contributed by atoms with E-state index >= 15 is 0 Å². The van der Waals surface area contributed by atoms with Gasteiger partial charge in [0, 0.05) is 7.11 Å². The Kier molecular flexibility index (Phi) is 10.5. The number of anilines is 2. The molecule has 2 fully saturated rings. The zero-order valence-electron chi connectivity index (χ0n) is 26.8. The summed E-state index contributed by atoms with van der Waals surface area (Å²) in [5.74, 6) is -0.653. The highest BCUT2D eigenvalue weighted by atomic mass is 31.3. The monoisotopic (exact) mass is 815 g/mol. The molecule has 11 atom stereocenters. The summed E-state index contributed by atoms with van der Waals surface area (Å²) < 4.78 is 74.4. The highest BCUT2D eigenvalue weighted by Gasteiger charge is 2.54. The number of phosphoric ester groups is 2. The first kappa shape index (κ1) is 39.1. The topological polar surface area (TPSA) is 407 Å². The summed E-state index contributed by atoms with van der Waals surface area (Å²) in [6.07, 6.45) is -11.4. The number of methoxy groups -OCH3 is 1. The Morgan fingerprint density at radius 1 is 0.962 bits per heavy atom. The quantitative estimate of drug-likeness (QED) is 0.0581. The molecule has 31 heteroatoms. The van der Waals surface area contributed by atoms with Crippen LogP contribution in [0, 0.1) is 0 Å². The lowest BCUT2D eigenvalue weighted by atomic mass is 10.1. The Morgan fingerprint density at radius 3 is 2.32 bits per heavy atom. The van der Waals surface area contributed by atoms with Crippen LogP contribution in [0.1, 0.15) is 6.23 Å². The number of nitrogen functional groups attached to an aromatic ring is 2. The van der Waals surface area contributed by atoms with Crippen molar-refractivity contribution < 1.29 is 84.7 Å². The van der Waals surface area contributed by atoms with Gasteiger partial charge in [-0.3, -0.25) is 33.2 Å². The smallest absolute Gasteiger partial charge is 0.487 e. The number of nitrogens with zero attached hydrogens (tertiary/aromatic N) is 6. The minimum absolute atomic E-state index is 0.00992. The van der Waals surface area contributed by atoms with Crippen molar-refractivity contribution in [3.05, 3.63) is 27.0 Å². The molecule has 28 nitrogen and oxygen atoms in total. The normalized spacial score (nSPS) is 30.4. The maximum atomic E-state index is 12.5. The molecule has 11 N–H and O–H groups in total. The standard InChI is InChI=1S/C22H29N10O18P3/c1-30-6-32(16-10(30)18(37)29-22(24)27-16)20-13(35)14(44-2)8(48-20)4-46-52(40,41)50-53(42,43)49-51(38,39)45-3-7-11(33)12(34)19(47-7)31-5-25-9-15(31)26-21(23)28-17(9)36/h5,7-8,11-14,19-20,33-35H,3-4H2,1-2H3,(H7-2,23,24,26,27,28,29,36,37,38,39,40,41,42,43)/p+1/t7-,8-,11?,12+,13?,14?,19-,20-/m1/s1. The van der Waals surface area contributed by atoms with Gasteiger partial charge in [-0.1, -0.05) is 4.58 Å². The van der Waals surface area contributed by atoms with E-state index in [1.54, 1.807) is 0 Å². The van der Waals surface area contributed by atoms with Crippen LogP contribution >= 0.6 is 23.5 Å². The van der Waals surface area contributed by atoms with E-state index in [1.165, 1.54) is 11.6 Å². The van der Waals surface area contributed by atoms with Crippen LogP contribution < -0.4 is 27.5 Å². The maximum Gasteiger partial charge on any atom is 0.487 e. The van der Waals surface area contributed by atoms with E-state index in [0.717, 1.165) is 22.6 Å². The summed E-state index contributed by atoms with van der Waals surface area (Å²) in [5, 5.41) is 31.9. The van der Waals surface area contributed by atoms with Gasteiger partial charge in [0.05, 0.1) is 24.5 Å². The zero-order valence-corrected chi connectivity index (χ0v) is 29.5. The molecule has 2 saturated heterocycles. The minimum Gasteiger partial charge on any atom is -0.756 e. The number of hydrogen-bond acceptors (Lipinski definition) is 21. The predicted octanol–water partition coefficient (Wildman–Crippen LogP) is -4.37. The number of aromatic nitrogens is 6. The first-order valence-corrected chi connectivity index (χ1v) is 19.1. The number of ether oxygens (including phenoxy) is 3. The average molecular weight is 815 g/mol. The number of nitrogens with two attached hydrogens (primary N) is 2. The van der Waals surface area contributed by atoms with E-state index in [-0.39, 0.29) is 34.6 Å². The molecule has 0 bridgehead atoms. The largest absolute Gasteiger partial charge is 0.756 e. The Morgan fingerprint density at radius 2 is 1.62 bits per heavy atom. The van der Waals surface area contributed by atoms with Crippen LogP contribution in [0.4, 0.5) is 23.4 Å². The molecule has 3 aromatic heterocycles. The summed E-state index contributed by atoms with van der Waals surface area (Å²) in [7, 11) is -15.1. The van der Waals surface area contributed by atoms with E-state index in [0.29, 0.717) is 0 Å². The molecule has 0 radical (unpaired) electrons. The van der Waals surface area contributed by atoms with Crippen LogP contribution in [0.3, 0.4) is 0 Å². The molecule has 0 amide bonds. The summed E-state index contributed by atoms with van der Waals surface area (Å²) in [6, 6.07) is 2.70. The van der Waals surface area contributed by atoms with Crippen LogP contribution in [0.5, 0.6) is 0 Å². The van der Waals surface area contributed by atoms with Gasteiger partial charge in [0.15, 0.2) is 23.5 Å².